The van der Waals surface area contributed by atoms with Crippen molar-refractivity contribution in [1.82, 2.24) is 0 Å². The number of nitro groups is 1. The molecule has 6 heteroatoms. The molecule has 2 aromatic rings. The number of nitrogens with zero attached hydrogens (tertiary/aromatic N) is 2. The number of methoxy groups -OCH3 is 1. The topological polar surface area (TPSA) is 72.7 Å². The molecular formula is C20H22N2O4. The van der Waals surface area contributed by atoms with Crippen LogP contribution in [0.3, 0.4) is 0 Å². The van der Waals surface area contributed by atoms with Crippen LogP contribution in [0.5, 0.6) is 5.75 Å². The van der Waals surface area contributed by atoms with Crippen LogP contribution in [0.15, 0.2) is 48.5 Å². The van der Waals surface area contributed by atoms with E-state index in [4.69, 9.17) is 4.74 Å². The van der Waals surface area contributed by atoms with Crippen molar-refractivity contribution in [3.8, 4) is 5.75 Å². The van der Waals surface area contributed by atoms with Crippen LogP contribution in [0.2, 0.25) is 0 Å². The summed E-state index contributed by atoms with van der Waals surface area (Å²) >= 11 is 0. The summed E-state index contributed by atoms with van der Waals surface area (Å²) in [5.41, 5.74) is 2.40. The maximum absolute atomic E-state index is 13.1. The Labute approximate surface area is 152 Å². The van der Waals surface area contributed by atoms with E-state index in [1.54, 1.807) is 36.3 Å². The monoisotopic (exact) mass is 354 g/mol. The molecular weight excluding hydrogens is 332 g/mol. The molecule has 6 nitrogen and oxygen atoms in total. The maximum atomic E-state index is 13.1. The number of rotatable bonds is 5. The van der Waals surface area contributed by atoms with Crippen molar-refractivity contribution in [2.24, 2.45) is 5.92 Å². The largest absolute Gasteiger partial charge is 0.497 e. The second kappa shape index (κ2) is 7.15. The van der Waals surface area contributed by atoms with Crippen molar-refractivity contribution in [1.29, 1.82) is 0 Å². The number of carbonyl (C=O) groups is 1. The Bertz CT molecular complexity index is 819. The molecule has 1 amide bonds. The average Bonchev–Trinajstić information content (AvgIpc) is 2.94. The number of hydrogen-bond acceptors (Lipinski definition) is 4. The minimum absolute atomic E-state index is 0.201. The molecule has 0 saturated carbocycles. The van der Waals surface area contributed by atoms with Gasteiger partial charge in [-0.15, -0.1) is 0 Å². The van der Waals surface area contributed by atoms with Crippen molar-refractivity contribution in [2.45, 2.75) is 32.4 Å². The minimum Gasteiger partial charge on any atom is -0.497 e. The summed E-state index contributed by atoms with van der Waals surface area (Å²) in [7, 11) is 1.57. The fraction of sp³-hybridized carbons (Fsp3) is 0.350. The van der Waals surface area contributed by atoms with Gasteiger partial charge < -0.3 is 4.74 Å². The lowest BCUT2D eigenvalue weighted by atomic mass is 9.90. The van der Waals surface area contributed by atoms with Crippen molar-refractivity contribution >= 4 is 11.6 Å². The molecule has 1 heterocycles. The minimum atomic E-state index is -0.976. The second-order valence-electron chi connectivity index (χ2n) is 6.50. The van der Waals surface area contributed by atoms with Crippen LogP contribution in [-0.4, -0.2) is 24.0 Å². The van der Waals surface area contributed by atoms with Crippen LogP contribution in [-0.2, 0) is 4.79 Å². The summed E-state index contributed by atoms with van der Waals surface area (Å²) in [5.74, 6) is -0.171. The number of amides is 1. The number of carbonyl (C=O) groups excluding carboxylic acids is 1. The summed E-state index contributed by atoms with van der Waals surface area (Å²) in [6.45, 7) is 3.74. The SMILES string of the molecule is CC[C@@H]1C(=O)N(c2ccc(OC)cc2)[C@H](c2ccccc2C)[C@H]1[N+](=O)[O-]. The number of hydrogen-bond donors (Lipinski definition) is 0. The predicted octanol–water partition coefficient (Wildman–Crippen LogP) is 3.76. The summed E-state index contributed by atoms with van der Waals surface area (Å²) in [6, 6.07) is 13.0. The van der Waals surface area contributed by atoms with Gasteiger partial charge in [0.25, 0.3) is 0 Å². The van der Waals surface area contributed by atoms with Crippen molar-refractivity contribution in [3.05, 3.63) is 69.8 Å². The van der Waals surface area contributed by atoms with E-state index >= 15 is 0 Å². The number of aryl methyl sites for hydroxylation is 1. The molecule has 0 aromatic heterocycles. The molecule has 0 spiro atoms. The standard InChI is InChI=1S/C20H22N2O4/c1-4-16-19(22(24)25)18(17-8-6-5-7-13(17)2)21(20(16)23)14-9-11-15(26-3)12-10-14/h5-12,16,18-19H,4H2,1-3H3/t16-,18+,19-/m0/s1. The van der Waals surface area contributed by atoms with E-state index < -0.39 is 18.0 Å². The smallest absolute Gasteiger partial charge is 0.249 e. The highest BCUT2D eigenvalue weighted by Crippen LogP contribution is 2.43. The van der Waals surface area contributed by atoms with Gasteiger partial charge in [0.2, 0.25) is 11.9 Å². The molecule has 2 aromatic carbocycles. The Balaban J connectivity index is 2.16. The van der Waals surface area contributed by atoms with Gasteiger partial charge in [-0.3, -0.25) is 19.8 Å². The Morgan fingerprint density at radius 3 is 2.35 bits per heavy atom. The molecule has 1 saturated heterocycles. The number of benzene rings is 2. The molecule has 0 aliphatic carbocycles. The van der Waals surface area contributed by atoms with E-state index in [1.807, 2.05) is 38.1 Å². The van der Waals surface area contributed by atoms with E-state index in [0.29, 0.717) is 17.9 Å². The fourth-order valence-corrected chi connectivity index (χ4v) is 3.79. The van der Waals surface area contributed by atoms with Gasteiger partial charge in [-0.2, -0.15) is 0 Å². The molecule has 0 radical (unpaired) electrons. The molecule has 0 N–H and O–H groups in total. The van der Waals surface area contributed by atoms with Crippen molar-refractivity contribution in [3.63, 3.8) is 0 Å². The lowest BCUT2D eigenvalue weighted by molar-refractivity contribution is -0.530. The zero-order valence-electron chi connectivity index (χ0n) is 15.1. The molecule has 1 fully saturated rings. The highest BCUT2D eigenvalue weighted by molar-refractivity contribution is 5.99. The molecule has 26 heavy (non-hydrogen) atoms. The van der Waals surface area contributed by atoms with Crippen LogP contribution in [0, 0.1) is 23.0 Å². The third-order valence-electron chi connectivity index (χ3n) is 5.11. The van der Waals surface area contributed by atoms with Crippen LogP contribution in [0.25, 0.3) is 0 Å². The van der Waals surface area contributed by atoms with E-state index in [9.17, 15) is 14.9 Å². The molecule has 136 valence electrons. The quantitative estimate of drug-likeness (QED) is 0.605. The zero-order valence-corrected chi connectivity index (χ0v) is 15.1. The lowest BCUT2D eigenvalue weighted by Crippen LogP contribution is -2.33. The zero-order chi connectivity index (χ0) is 18.8. The molecule has 0 bridgehead atoms. The Morgan fingerprint density at radius 1 is 1.15 bits per heavy atom. The van der Waals surface area contributed by atoms with Gasteiger partial charge in [-0.05, 0) is 48.7 Å². The first-order chi connectivity index (χ1) is 12.5. The van der Waals surface area contributed by atoms with Crippen molar-refractivity contribution < 1.29 is 14.5 Å². The van der Waals surface area contributed by atoms with E-state index in [-0.39, 0.29) is 10.8 Å². The van der Waals surface area contributed by atoms with Gasteiger partial charge in [0, 0.05) is 10.6 Å². The van der Waals surface area contributed by atoms with E-state index in [0.717, 1.165) is 11.1 Å². The molecule has 0 unspecified atom stereocenters. The van der Waals surface area contributed by atoms with Gasteiger partial charge in [0.05, 0.1) is 7.11 Å². The second-order valence-corrected chi connectivity index (χ2v) is 6.50. The molecule has 1 aliphatic rings. The normalized spacial score (nSPS) is 22.5. The van der Waals surface area contributed by atoms with Crippen LogP contribution in [0.4, 0.5) is 5.69 Å². The van der Waals surface area contributed by atoms with Gasteiger partial charge in [0.15, 0.2) is 0 Å². The average molecular weight is 354 g/mol. The Hall–Kier alpha value is -2.89. The van der Waals surface area contributed by atoms with Crippen molar-refractivity contribution in [2.75, 3.05) is 12.0 Å². The third kappa shape index (κ3) is 2.92. The number of anilines is 1. The van der Waals surface area contributed by atoms with Gasteiger partial charge in [-0.25, -0.2) is 0 Å². The Morgan fingerprint density at radius 2 is 1.81 bits per heavy atom. The molecule has 3 rings (SSSR count). The first-order valence-electron chi connectivity index (χ1n) is 8.65. The fourth-order valence-electron chi connectivity index (χ4n) is 3.79. The van der Waals surface area contributed by atoms with Crippen LogP contribution >= 0.6 is 0 Å². The first-order valence-corrected chi connectivity index (χ1v) is 8.65. The predicted molar refractivity (Wildman–Crippen MR) is 99.0 cm³/mol. The number of ether oxygens (including phenoxy) is 1. The summed E-state index contributed by atoms with van der Waals surface area (Å²) in [6.07, 6.45) is 0.430. The summed E-state index contributed by atoms with van der Waals surface area (Å²) in [4.78, 5) is 26.3. The van der Waals surface area contributed by atoms with Crippen LogP contribution in [0.1, 0.15) is 30.5 Å². The summed E-state index contributed by atoms with van der Waals surface area (Å²) in [5, 5.41) is 11.9. The molecule has 3 atom stereocenters. The highest BCUT2D eigenvalue weighted by atomic mass is 16.6. The highest BCUT2D eigenvalue weighted by Gasteiger charge is 2.55. The van der Waals surface area contributed by atoms with Gasteiger partial charge in [0.1, 0.15) is 17.7 Å². The van der Waals surface area contributed by atoms with Crippen LogP contribution < -0.4 is 9.64 Å². The lowest BCUT2D eigenvalue weighted by Gasteiger charge is -2.26. The van der Waals surface area contributed by atoms with E-state index in [2.05, 4.69) is 0 Å². The third-order valence-corrected chi connectivity index (χ3v) is 5.11. The van der Waals surface area contributed by atoms with Gasteiger partial charge in [-0.1, -0.05) is 31.2 Å². The first kappa shape index (κ1) is 17.9. The Kier molecular flexibility index (Phi) is 4.93. The van der Waals surface area contributed by atoms with Gasteiger partial charge >= 0.3 is 0 Å². The van der Waals surface area contributed by atoms with E-state index in [1.165, 1.54) is 0 Å². The molecule has 1 aliphatic heterocycles. The summed E-state index contributed by atoms with van der Waals surface area (Å²) < 4.78 is 5.18. The maximum Gasteiger partial charge on any atom is 0.249 e.